The summed E-state index contributed by atoms with van der Waals surface area (Å²) in [7, 11) is 0. The lowest BCUT2D eigenvalue weighted by Gasteiger charge is -2.24. The highest BCUT2D eigenvalue weighted by Gasteiger charge is 2.23. The van der Waals surface area contributed by atoms with E-state index in [9.17, 15) is 18.7 Å². The molecule has 0 radical (unpaired) electrons. The van der Waals surface area contributed by atoms with E-state index in [-0.39, 0.29) is 12.1 Å². The first-order valence-electron chi connectivity index (χ1n) is 9.56. The summed E-state index contributed by atoms with van der Waals surface area (Å²) in [5.74, 6) is 3.81. The Kier molecular flexibility index (Phi) is 7.28. The number of aliphatic hydroxyl groups is 1. The second-order valence-electron chi connectivity index (χ2n) is 7.06. The number of aliphatic hydroxyl groups excluding tert-OH is 1. The van der Waals surface area contributed by atoms with Gasteiger partial charge in [-0.15, -0.1) is 0 Å². The number of nitrogens with one attached hydrogen (secondary N) is 2. The van der Waals surface area contributed by atoms with Crippen LogP contribution in [0.15, 0.2) is 42.5 Å². The van der Waals surface area contributed by atoms with E-state index in [1.165, 1.54) is 0 Å². The zero-order chi connectivity index (χ0) is 20.6. The van der Waals surface area contributed by atoms with Crippen molar-refractivity contribution in [3.63, 3.8) is 0 Å². The van der Waals surface area contributed by atoms with Crippen LogP contribution in [0.25, 0.3) is 0 Å². The Morgan fingerprint density at radius 2 is 1.90 bits per heavy atom. The van der Waals surface area contributed by atoms with Crippen molar-refractivity contribution in [2.45, 2.75) is 31.4 Å². The zero-order valence-corrected chi connectivity index (χ0v) is 15.9. The van der Waals surface area contributed by atoms with Gasteiger partial charge in [0.05, 0.1) is 18.7 Å². The Hall–Kier alpha value is -2.82. The lowest BCUT2D eigenvalue weighted by Crippen LogP contribution is -2.48. The minimum absolute atomic E-state index is 0.191. The van der Waals surface area contributed by atoms with E-state index in [1.54, 1.807) is 0 Å². The summed E-state index contributed by atoms with van der Waals surface area (Å²) in [4.78, 5) is 15.5. The van der Waals surface area contributed by atoms with Gasteiger partial charge in [0.1, 0.15) is 0 Å². The molecule has 0 bridgehead atoms. The van der Waals surface area contributed by atoms with Gasteiger partial charge in [-0.25, -0.2) is 0 Å². The zero-order valence-electron chi connectivity index (χ0n) is 15.9. The molecule has 2 aromatic rings. The first kappa shape index (κ1) is 20.9. The first-order chi connectivity index (χ1) is 14.0. The number of nitrogens with zero attached hydrogens (tertiary/aromatic N) is 1. The Labute approximate surface area is 168 Å². The van der Waals surface area contributed by atoms with Crippen LogP contribution in [-0.2, 0) is 6.42 Å². The van der Waals surface area contributed by atoms with Gasteiger partial charge in [0.15, 0.2) is 0 Å². The van der Waals surface area contributed by atoms with Crippen LogP contribution >= 0.6 is 0 Å². The van der Waals surface area contributed by atoms with Crippen LogP contribution in [0.4, 0.5) is 8.78 Å². The molecule has 0 aliphatic heterocycles. The summed E-state index contributed by atoms with van der Waals surface area (Å²) in [6.45, 7) is 0.663. The molecule has 152 valence electrons. The maximum Gasteiger partial charge on any atom is 0.251 e. The fourth-order valence-electron chi connectivity index (χ4n) is 2.85. The van der Waals surface area contributed by atoms with Gasteiger partial charge in [-0.05, 0) is 24.8 Å². The number of benzene rings is 1. The molecule has 0 saturated heterocycles. The van der Waals surface area contributed by atoms with Gasteiger partial charge in [0.2, 0.25) is 11.9 Å². The van der Waals surface area contributed by atoms with Crippen molar-refractivity contribution in [3.05, 3.63) is 65.5 Å². The predicted molar refractivity (Wildman–Crippen MR) is 105 cm³/mol. The fourth-order valence-corrected chi connectivity index (χ4v) is 2.85. The monoisotopic (exact) mass is 399 g/mol. The molecule has 7 heteroatoms. The quantitative estimate of drug-likeness (QED) is 0.361. The number of aromatic nitrogens is 1. The van der Waals surface area contributed by atoms with Gasteiger partial charge in [0, 0.05) is 30.2 Å². The Morgan fingerprint density at radius 1 is 1.21 bits per heavy atom. The van der Waals surface area contributed by atoms with Gasteiger partial charge >= 0.3 is 0 Å². The Balaban J connectivity index is 1.64. The normalized spacial score (nSPS) is 15.1. The second-order valence-corrected chi connectivity index (χ2v) is 7.06. The van der Waals surface area contributed by atoms with Crippen molar-refractivity contribution in [1.82, 2.24) is 15.6 Å². The minimum Gasteiger partial charge on any atom is -0.390 e. The van der Waals surface area contributed by atoms with Gasteiger partial charge in [0.25, 0.3) is 5.91 Å². The molecular formula is C22H23F2N3O2. The van der Waals surface area contributed by atoms with E-state index in [4.69, 9.17) is 0 Å². The van der Waals surface area contributed by atoms with Crippen LogP contribution < -0.4 is 10.6 Å². The number of carbonyl (C=O) groups is 1. The first-order valence-corrected chi connectivity index (χ1v) is 9.56. The van der Waals surface area contributed by atoms with E-state index in [2.05, 4.69) is 27.5 Å². The highest BCUT2D eigenvalue weighted by molar-refractivity contribution is 5.94. The molecule has 2 unspecified atom stereocenters. The number of hydrogen-bond donors (Lipinski definition) is 3. The summed E-state index contributed by atoms with van der Waals surface area (Å²) < 4.78 is 26.7. The topological polar surface area (TPSA) is 74.2 Å². The molecule has 1 aliphatic carbocycles. The molecule has 29 heavy (non-hydrogen) atoms. The van der Waals surface area contributed by atoms with Crippen LogP contribution in [0.1, 0.15) is 28.8 Å². The lowest BCUT2D eigenvalue weighted by molar-refractivity contribution is 0.0831. The SMILES string of the molecule is O=C(NC(Cc1ccccc1)C(O)CNCC#CC1CC1)c1cc(F)nc(F)c1. The molecule has 3 rings (SSSR count). The third-order valence-electron chi connectivity index (χ3n) is 4.55. The summed E-state index contributed by atoms with van der Waals surface area (Å²) in [5.41, 5.74) is 0.723. The number of rotatable bonds is 8. The predicted octanol–water partition coefficient (Wildman–Crippen LogP) is 2.06. The van der Waals surface area contributed by atoms with Crippen LogP contribution in [0.5, 0.6) is 0 Å². The molecule has 1 fully saturated rings. The standard InChI is InChI=1S/C22H23F2N3O2/c23-20-12-17(13-21(24)27-20)22(29)26-18(11-16-5-2-1-3-6-16)19(28)14-25-10-4-7-15-8-9-15/h1-3,5-6,12-13,15,18-19,25,28H,8-11,14H2,(H,26,29). The van der Waals surface area contributed by atoms with E-state index >= 15 is 0 Å². The maximum absolute atomic E-state index is 13.3. The van der Waals surface area contributed by atoms with E-state index < -0.39 is 29.9 Å². The van der Waals surface area contributed by atoms with Gasteiger partial charge in [-0.2, -0.15) is 13.8 Å². The fraction of sp³-hybridized carbons (Fsp3) is 0.364. The molecule has 1 amide bonds. The molecule has 0 spiro atoms. The largest absolute Gasteiger partial charge is 0.390 e. The molecular weight excluding hydrogens is 376 g/mol. The Morgan fingerprint density at radius 3 is 2.55 bits per heavy atom. The maximum atomic E-state index is 13.3. The third kappa shape index (κ3) is 6.93. The minimum atomic E-state index is -1.08. The smallest absolute Gasteiger partial charge is 0.251 e. The molecule has 1 aromatic heterocycles. The van der Waals surface area contributed by atoms with Gasteiger partial charge in [-0.3, -0.25) is 4.79 Å². The van der Waals surface area contributed by atoms with Crippen LogP contribution in [-0.4, -0.2) is 41.2 Å². The summed E-state index contributed by atoms with van der Waals surface area (Å²) >= 11 is 0. The number of hydrogen-bond acceptors (Lipinski definition) is 4. The Bertz CT molecular complexity index is 872. The van der Waals surface area contributed by atoms with Gasteiger partial charge in [-0.1, -0.05) is 42.2 Å². The van der Waals surface area contributed by atoms with E-state index in [1.807, 2.05) is 30.3 Å². The molecule has 1 aliphatic rings. The summed E-state index contributed by atoms with van der Waals surface area (Å²) in [6.07, 6.45) is 1.74. The highest BCUT2D eigenvalue weighted by Crippen LogP contribution is 2.27. The van der Waals surface area contributed by atoms with Crippen molar-refractivity contribution in [2.75, 3.05) is 13.1 Å². The molecule has 1 aromatic carbocycles. The van der Waals surface area contributed by atoms with Gasteiger partial charge < -0.3 is 15.7 Å². The number of carbonyl (C=O) groups excluding carboxylic acids is 1. The second kappa shape index (κ2) is 10.1. The summed E-state index contributed by atoms with van der Waals surface area (Å²) in [6, 6.07) is 10.4. The van der Waals surface area contributed by atoms with E-state index in [0.717, 1.165) is 30.5 Å². The summed E-state index contributed by atoms with van der Waals surface area (Å²) in [5, 5.41) is 16.4. The van der Waals surface area contributed by atoms with Crippen molar-refractivity contribution in [3.8, 4) is 11.8 Å². The van der Waals surface area contributed by atoms with Crippen molar-refractivity contribution >= 4 is 5.91 Å². The number of halogens is 2. The average molecular weight is 399 g/mol. The van der Waals surface area contributed by atoms with Crippen LogP contribution in [0.3, 0.4) is 0 Å². The molecule has 2 atom stereocenters. The number of amides is 1. The number of pyridine rings is 1. The molecule has 5 nitrogen and oxygen atoms in total. The highest BCUT2D eigenvalue weighted by atomic mass is 19.1. The molecule has 1 saturated carbocycles. The van der Waals surface area contributed by atoms with Crippen LogP contribution in [0, 0.1) is 29.7 Å². The van der Waals surface area contributed by atoms with Crippen molar-refractivity contribution < 1.29 is 18.7 Å². The molecule has 1 heterocycles. The third-order valence-corrected chi connectivity index (χ3v) is 4.55. The lowest BCUT2D eigenvalue weighted by atomic mass is 10.0. The molecule has 3 N–H and O–H groups in total. The van der Waals surface area contributed by atoms with Crippen molar-refractivity contribution in [1.29, 1.82) is 0 Å². The van der Waals surface area contributed by atoms with E-state index in [0.29, 0.717) is 18.9 Å². The average Bonchev–Trinajstić information content (AvgIpc) is 3.51. The van der Waals surface area contributed by atoms with Crippen LogP contribution in [0.2, 0.25) is 0 Å². The van der Waals surface area contributed by atoms with Crippen molar-refractivity contribution in [2.24, 2.45) is 5.92 Å².